The summed E-state index contributed by atoms with van der Waals surface area (Å²) in [5, 5.41) is 10.1. The van der Waals surface area contributed by atoms with Crippen molar-refractivity contribution in [2.75, 3.05) is 18.0 Å². The molecule has 4 rings (SSSR count). The van der Waals surface area contributed by atoms with Gasteiger partial charge in [-0.05, 0) is 55.0 Å². The van der Waals surface area contributed by atoms with Gasteiger partial charge in [0.2, 0.25) is 5.95 Å². The van der Waals surface area contributed by atoms with Crippen LogP contribution in [0.25, 0.3) is 0 Å². The molecule has 0 radical (unpaired) electrons. The molecule has 0 saturated carbocycles. The van der Waals surface area contributed by atoms with Crippen molar-refractivity contribution >= 4 is 23.5 Å². The van der Waals surface area contributed by atoms with Crippen molar-refractivity contribution in [3.8, 4) is 5.75 Å². The number of carboxylic acid groups (broad SMARTS) is 1. The Bertz CT molecular complexity index is 1020. The highest BCUT2D eigenvalue weighted by atomic mass is 35.5. The van der Waals surface area contributed by atoms with Crippen molar-refractivity contribution in [1.29, 1.82) is 0 Å². The third-order valence-electron chi connectivity index (χ3n) is 5.54. The number of hydrogen-bond acceptors (Lipinski definition) is 5. The van der Waals surface area contributed by atoms with Crippen molar-refractivity contribution in [2.24, 2.45) is 5.92 Å². The van der Waals surface area contributed by atoms with Gasteiger partial charge in [0.1, 0.15) is 17.9 Å². The van der Waals surface area contributed by atoms with E-state index in [9.17, 15) is 9.90 Å². The Morgan fingerprint density at radius 1 is 1.10 bits per heavy atom. The van der Waals surface area contributed by atoms with Crippen molar-refractivity contribution in [3.05, 3.63) is 82.6 Å². The van der Waals surface area contributed by atoms with E-state index in [1.807, 2.05) is 6.07 Å². The van der Waals surface area contributed by atoms with E-state index in [-0.39, 0.29) is 12.2 Å². The molecule has 1 aromatic heterocycles. The van der Waals surface area contributed by atoms with Crippen LogP contribution in [0.5, 0.6) is 5.75 Å². The largest absolute Gasteiger partial charge is 0.487 e. The molecule has 1 aliphatic rings. The maximum atomic E-state index is 11.6. The molecule has 0 spiro atoms. The zero-order chi connectivity index (χ0) is 21.6. The number of halogens is 1. The van der Waals surface area contributed by atoms with E-state index in [1.54, 1.807) is 24.3 Å². The number of carboxylic acids is 1. The number of aromatic carboxylic acids is 1. The lowest BCUT2D eigenvalue weighted by Crippen LogP contribution is -2.35. The molecule has 3 aromatic rings. The quantitative estimate of drug-likeness (QED) is 0.568. The molecule has 1 N–H and O–H groups in total. The third kappa shape index (κ3) is 5.52. The highest BCUT2D eigenvalue weighted by Gasteiger charge is 2.23. The second-order valence-corrected chi connectivity index (χ2v) is 8.13. The normalized spacial score (nSPS) is 14.4. The molecule has 1 aliphatic heterocycles. The van der Waals surface area contributed by atoms with E-state index in [1.165, 1.54) is 11.8 Å². The minimum absolute atomic E-state index is 0.0449. The molecule has 0 unspecified atom stereocenters. The maximum Gasteiger partial charge on any atom is 0.339 e. The molecule has 0 aliphatic carbocycles. The molecule has 7 heteroatoms. The topological polar surface area (TPSA) is 75.5 Å². The maximum absolute atomic E-state index is 11.6. The zero-order valence-corrected chi connectivity index (χ0v) is 17.8. The Hall–Kier alpha value is -3.12. The van der Waals surface area contributed by atoms with E-state index in [0.717, 1.165) is 32.4 Å². The summed E-state index contributed by atoms with van der Waals surface area (Å²) in [5.41, 5.74) is 1.78. The number of ether oxygens (including phenoxy) is 1. The lowest BCUT2D eigenvalue weighted by molar-refractivity contribution is 0.0692. The highest BCUT2D eigenvalue weighted by Crippen LogP contribution is 2.25. The van der Waals surface area contributed by atoms with Crippen molar-refractivity contribution < 1.29 is 14.6 Å². The summed E-state index contributed by atoms with van der Waals surface area (Å²) in [6, 6.07) is 17.5. The average molecular weight is 438 g/mol. The molecular weight excluding hydrogens is 414 g/mol. The molecule has 160 valence electrons. The van der Waals surface area contributed by atoms with Gasteiger partial charge in [-0.25, -0.2) is 14.8 Å². The zero-order valence-electron chi connectivity index (χ0n) is 17.1. The Morgan fingerprint density at radius 3 is 2.48 bits per heavy atom. The molecule has 2 heterocycles. The van der Waals surface area contributed by atoms with E-state index in [0.29, 0.717) is 28.3 Å². The molecule has 0 amide bonds. The van der Waals surface area contributed by atoms with E-state index in [4.69, 9.17) is 16.3 Å². The first-order valence-corrected chi connectivity index (χ1v) is 10.7. The smallest absolute Gasteiger partial charge is 0.339 e. The van der Waals surface area contributed by atoms with Gasteiger partial charge in [-0.3, -0.25) is 0 Å². The van der Waals surface area contributed by atoms with Gasteiger partial charge in [0.15, 0.2) is 0 Å². The van der Waals surface area contributed by atoms with Crippen LogP contribution in [0.15, 0.2) is 60.8 Å². The van der Waals surface area contributed by atoms with Gasteiger partial charge >= 0.3 is 5.97 Å². The lowest BCUT2D eigenvalue weighted by Gasteiger charge is -2.32. The number of carbonyl (C=O) groups is 1. The fourth-order valence-corrected chi connectivity index (χ4v) is 3.94. The SMILES string of the molecule is O=C(O)c1cnc(N2CCC(Cc3ccccc3)CC2)nc1COc1ccc(Cl)cc1. The predicted octanol–water partition coefficient (Wildman–Crippen LogP) is 4.87. The summed E-state index contributed by atoms with van der Waals surface area (Å²) >= 11 is 5.90. The van der Waals surface area contributed by atoms with Crippen molar-refractivity contribution in [2.45, 2.75) is 25.9 Å². The molecule has 31 heavy (non-hydrogen) atoms. The second-order valence-electron chi connectivity index (χ2n) is 7.70. The standard InChI is InChI=1S/C24H24ClN3O3/c25-19-6-8-20(9-7-19)31-16-22-21(23(29)30)15-26-24(27-22)28-12-10-18(11-13-28)14-17-4-2-1-3-5-17/h1-9,15,18H,10-14,16H2,(H,29,30). The van der Waals surface area contributed by atoms with Crippen LogP contribution in [0, 0.1) is 5.92 Å². The Kier molecular flexibility index (Phi) is 6.67. The van der Waals surface area contributed by atoms with E-state index < -0.39 is 5.97 Å². The van der Waals surface area contributed by atoms with Crippen molar-refractivity contribution in [1.82, 2.24) is 9.97 Å². The molecule has 1 saturated heterocycles. The van der Waals surface area contributed by atoms with Crippen LogP contribution in [0.2, 0.25) is 5.02 Å². The summed E-state index contributed by atoms with van der Waals surface area (Å²) in [4.78, 5) is 22.6. The number of aromatic nitrogens is 2. The Balaban J connectivity index is 1.42. The van der Waals surface area contributed by atoms with Crippen molar-refractivity contribution in [3.63, 3.8) is 0 Å². The first-order chi connectivity index (χ1) is 15.1. The van der Waals surface area contributed by atoms with Crippen LogP contribution in [0.1, 0.15) is 34.5 Å². The Morgan fingerprint density at radius 2 is 1.81 bits per heavy atom. The average Bonchev–Trinajstić information content (AvgIpc) is 2.79. The minimum atomic E-state index is -1.07. The van der Waals surface area contributed by atoms with Crippen LogP contribution in [0.3, 0.4) is 0 Å². The summed E-state index contributed by atoms with van der Waals surface area (Å²) in [7, 11) is 0. The minimum Gasteiger partial charge on any atom is -0.487 e. The molecule has 0 bridgehead atoms. The fourth-order valence-electron chi connectivity index (χ4n) is 3.81. The summed E-state index contributed by atoms with van der Waals surface area (Å²) < 4.78 is 5.73. The number of hydrogen-bond donors (Lipinski definition) is 1. The molecule has 6 nitrogen and oxygen atoms in total. The molecule has 2 aromatic carbocycles. The van der Waals surface area contributed by atoms with Gasteiger partial charge in [0.05, 0.1) is 5.69 Å². The monoisotopic (exact) mass is 437 g/mol. The van der Waals surface area contributed by atoms with Gasteiger partial charge in [0.25, 0.3) is 0 Å². The Labute approximate surface area is 186 Å². The van der Waals surface area contributed by atoms with Gasteiger partial charge in [0, 0.05) is 24.3 Å². The van der Waals surface area contributed by atoms with E-state index >= 15 is 0 Å². The molecule has 0 atom stereocenters. The van der Waals surface area contributed by atoms with Crippen LogP contribution >= 0.6 is 11.6 Å². The first kappa shape index (κ1) is 21.1. The summed E-state index contributed by atoms with van der Waals surface area (Å²) in [6.45, 7) is 1.74. The van der Waals surface area contributed by atoms with Crippen LogP contribution in [-0.4, -0.2) is 34.1 Å². The van der Waals surface area contributed by atoms with E-state index in [2.05, 4.69) is 39.1 Å². The highest BCUT2D eigenvalue weighted by molar-refractivity contribution is 6.30. The second kappa shape index (κ2) is 9.79. The third-order valence-corrected chi connectivity index (χ3v) is 5.79. The number of rotatable bonds is 7. The van der Waals surface area contributed by atoms with Crippen LogP contribution in [0.4, 0.5) is 5.95 Å². The number of anilines is 1. The summed E-state index contributed by atoms with van der Waals surface area (Å²) in [6.07, 6.45) is 4.56. The van der Waals surface area contributed by atoms with Gasteiger partial charge in [-0.1, -0.05) is 41.9 Å². The summed E-state index contributed by atoms with van der Waals surface area (Å²) in [5.74, 6) is 0.716. The molecular formula is C24H24ClN3O3. The predicted molar refractivity (Wildman–Crippen MR) is 120 cm³/mol. The van der Waals surface area contributed by atoms with Crippen LogP contribution in [-0.2, 0) is 13.0 Å². The van der Waals surface area contributed by atoms with Gasteiger partial charge < -0.3 is 14.7 Å². The number of benzene rings is 2. The lowest BCUT2D eigenvalue weighted by atomic mass is 9.90. The molecule has 1 fully saturated rings. The fraction of sp³-hybridized carbons (Fsp3) is 0.292. The number of nitrogens with zero attached hydrogens (tertiary/aromatic N) is 3. The first-order valence-electron chi connectivity index (χ1n) is 10.3. The van der Waals surface area contributed by atoms with Gasteiger partial charge in [-0.15, -0.1) is 0 Å². The number of piperidine rings is 1. The van der Waals surface area contributed by atoms with Gasteiger partial charge in [-0.2, -0.15) is 0 Å². The van der Waals surface area contributed by atoms with Crippen LogP contribution < -0.4 is 9.64 Å².